The van der Waals surface area contributed by atoms with E-state index >= 15 is 0 Å². The molecule has 21 heavy (non-hydrogen) atoms. The van der Waals surface area contributed by atoms with Crippen molar-refractivity contribution < 1.29 is 4.42 Å². The van der Waals surface area contributed by atoms with Crippen molar-refractivity contribution >= 4 is 15.9 Å². The predicted octanol–water partition coefficient (Wildman–Crippen LogP) is 5.04. The Labute approximate surface area is 132 Å². The molecule has 0 saturated carbocycles. The van der Waals surface area contributed by atoms with E-state index in [4.69, 9.17) is 4.42 Å². The first-order valence-electron chi connectivity index (χ1n) is 6.93. The number of nitrogens with zero attached hydrogens (tertiary/aromatic N) is 2. The van der Waals surface area contributed by atoms with Crippen LogP contribution < -0.4 is 0 Å². The van der Waals surface area contributed by atoms with Crippen LogP contribution in [-0.4, -0.2) is 10.2 Å². The molecule has 0 aliphatic carbocycles. The molecule has 0 aliphatic heterocycles. The first kappa shape index (κ1) is 14.0. The summed E-state index contributed by atoms with van der Waals surface area (Å²) in [6, 6.07) is 18.1. The highest BCUT2D eigenvalue weighted by molar-refractivity contribution is 9.10. The molecule has 1 atom stereocenters. The van der Waals surface area contributed by atoms with Crippen LogP contribution in [0.3, 0.4) is 0 Å². The molecule has 3 nitrogen and oxygen atoms in total. The fourth-order valence-electron chi connectivity index (χ4n) is 2.36. The lowest BCUT2D eigenvalue weighted by atomic mass is 9.97. The summed E-state index contributed by atoms with van der Waals surface area (Å²) in [6.07, 6.45) is 0.918. The van der Waals surface area contributed by atoms with E-state index in [0.29, 0.717) is 11.8 Å². The summed E-state index contributed by atoms with van der Waals surface area (Å²) in [5.74, 6) is 1.34. The van der Waals surface area contributed by atoms with Crippen LogP contribution in [0.1, 0.15) is 30.7 Å². The minimum atomic E-state index is 0.134. The van der Waals surface area contributed by atoms with E-state index in [2.05, 4.69) is 45.2 Å². The Hall–Kier alpha value is -1.94. The van der Waals surface area contributed by atoms with Gasteiger partial charge in [-0.2, -0.15) is 0 Å². The topological polar surface area (TPSA) is 38.9 Å². The Morgan fingerprint density at radius 3 is 2.43 bits per heavy atom. The zero-order valence-corrected chi connectivity index (χ0v) is 13.2. The van der Waals surface area contributed by atoms with E-state index in [-0.39, 0.29) is 5.92 Å². The summed E-state index contributed by atoms with van der Waals surface area (Å²) >= 11 is 3.51. The maximum absolute atomic E-state index is 5.91. The molecule has 2 aromatic carbocycles. The van der Waals surface area contributed by atoms with Crippen LogP contribution in [0.5, 0.6) is 0 Å². The molecule has 0 aliphatic rings. The van der Waals surface area contributed by atoms with Crippen LogP contribution in [0.25, 0.3) is 11.5 Å². The van der Waals surface area contributed by atoms with Gasteiger partial charge in [-0.25, -0.2) is 0 Å². The van der Waals surface area contributed by atoms with Gasteiger partial charge in [0.05, 0.1) is 11.5 Å². The summed E-state index contributed by atoms with van der Waals surface area (Å²) in [6.45, 7) is 2.12. The maximum Gasteiger partial charge on any atom is 0.248 e. The van der Waals surface area contributed by atoms with Gasteiger partial charge in [-0.05, 0) is 40.0 Å². The van der Waals surface area contributed by atoms with E-state index < -0.39 is 0 Å². The molecule has 106 valence electrons. The minimum absolute atomic E-state index is 0.134. The quantitative estimate of drug-likeness (QED) is 0.666. The zero-order chi connectivity index (χ0) is 14.7. The van der Waals surface area contributed by atoms with Crippen molar-refractivity contribution in [2.24, 2.45) is 0 Å². The Bertz CT molecular complexity index is 724. The van der Waals surface area contributed by atoms with Crippen LogP contribution in [0, 0.1) is 0 Å². The Morgan fingerprint density at radius 2 is 1.71 bits per heavy atom. The summed E-state index contributed by atoms with van der Waals surface area (Å²) in [7, 11) is 0. The van der Waals surface area contributed by atoms with Gasteiger partial charge in [0.2, 0.25) is 11.8 Å². The van der Waals surface area contributed by atoms with E-state index in [1.807, 2.05) is 42.5 Å². The van der Waals surface area contributed by atoms with Gasteiger partial charge in [0, 0.05) is 4.47 Å². The molecule has 3 rings (SSSR count). The van der Waals surface area contributed by atoms with Gasteiger partial charge in [0.1, 0.15) is 0 Å². The normalized spacial score (nSPS) is 12.3. The molecule has 0 spiro atoms. The SMILES string of the molecule is CCC(c1ccccc1)c1nnc(-c2ccccc2Br)o1. The molecule has 0 fully saturated rings. The summed E-state index contributed by atoms with van der Waals surface area (Å²) in [5, 5.41) is 8.44. The van der Waals surface area contributed by atoms with Crippen molar-refractivity contribution in [2.45, 2.75) is 19.3 Å². The molecular formula is C17H15BrN2O. The van der Waals surface area contributed by atoms with Crippen LogP contribution >= 0.6 is 15.9 Å². The van der Waals surface area contributed by atoms with E-state index in [1.165, 1.54) is 5.56 Å². The standard InChI is InChI=1S/C17H15BrN2O/c1-2-13(12-8-4-3-5-9-12)16-19-20-17(21-16)14-10-6-7-11-15(14)18/h3-11,13H,2H2,1H3. The smallest absolute Gasteiger partial charge is 0.248 e. The molecule has 1 aromatic heterocycles. The second-order valence-electron chi connectivity index (χ2n) is 4.80. The number of hydrogen-bond acceptors (Lipinski definition) is 3. The molecule has 1 heterocycles. The Kier molecular flexibility index (Phi) is 4.15. The van der Waals surface area contributed by atoms with E-state index in [0.717, 1.165) is 16.5 Å². The molecule has 1 unspecified atom stereocenters. The van der Waals surface area contributed by atoms with Crippen molar-refractivity contribution in [3.05, 3.63) is 70.5 Å². The largest absolute Gasteiger partial charge is 0.420 e. The van der Waals surface area contributed by atoms with Gasteiger partial charge >= 0.3 is 0 Å². The number of benzene rings is 2. The lowest BCUT2D eigenvalue weighted by molar-refractivity contribution is 0.474. The fraction of sp³-hybridized carbons (Fsp3) is 0.176. The molecule has 3 aromatic rings. The first-order chi connectivity index (χ1) is 10.3. The van der Waals surface area contributed by atoms with Crippen LogP contribution in [-0.2, 0) is 0 Å². The average Bonchev–Trinajstić information content (AvgIpc) is 2.99. The van der Waals surface area contributed by atoms with Crippen LogP contribution in [0.4, 0.5) is 0 Å². The van der Waals surface area contributed by atoms with Crippen LogP contribution in [0.15, 0.2) is 63.5 Å². The third-order valence-electron chi connectivity index (χ3n) is 3.45. The van der Waals surface area contributed by atoms with Gasteiger partial charge in [0.25, 0.3) is 0 Å². The van der Waals surface area contributed by atoms with Gasteiger partial charge in [-0.1, -0.05) is 49.4 Å². The number of halogens is 1. The summed E-state index contributed by atoms with van der Waals surface area (Å²) < 4.78 is 6.86. The van der Waals surface area contributed by atoms with Crippen molar-refractivity contribution in [1.82, 2.24) is 10.2 Å². The minimum Gasteiger partial charge on any atom is -0.420 e. The van der Waals surface area contributed by atoms with Crippen molar-refractivity contribution in [3.63, 3.8) is 0 Å². The Morgan fingerprint density at radius 1 is 1.00 bits per heavy atom. The van der Waals surface area contributed by atoms with Gasteiger partial charge in [-0.3, -0.25) is 0 Å². The van der Waals surface area contributed by atoms with Crippen molar-refractivity contribution in [3.8, 4) is 11.5 Å². The number of rotatable bonds is 4. The second kappa shape index (κ2) is 6.22. The van der Waals surface area contributed by atoms with Crippen LogP contribution in [0.2, 0.25) is 0 Å². The monoisotopic (exact) mass is 342 g/mol. The summed E-state index contributed by atoms with van der Waals surface area (Å²) in [4.78, 5) is 0. The first-order valence-corrected chi connectivity index (χ1v) is 7.72. The molecule has 4 heteroatoms. The van der Waals surface area contributed by atoms with Gasteiger partial charge < -0.3 is 4.42 Å². The molecular weight excluding hydrogens is 328 g/mol. The average molecular weight is 343 g/mol. The lowest BCUT2D eigenvalue weighted by Crippen LogP contribution is -1.99. The highest BCUT2D eigenvalue weighted by Crippen LogP contribution is 2.31. The molecule has 0 bridgehead atoms. The lowest BCUT2D eigenvalue weighted by Gasteiger charge is -2.10. The summed E-state index contributed by atoms with van der Waals surface area (Å²) in [5.41, 5.74) is 2.11. The fourth-order valence-corrected chi connectivity index (χ4v) is 2.81. The van der Waals surface area contributed by atoms with Crippen molar-refractivity contribution in [2.75, 3.05) is 0 Å². The van der Waals surface area contributed by atoms with Gasteiger partial charge in [-0.15, -0.1) is 10.2 Å². The number of aromatic nitrogens is 2. The zero-order valence-electron chi connectivity index (χ0n) is 11.7. The third kappa shape index (κ3) is 2.90. The van der Waals surface area contributed by atoms with Crippen molar-refractivity contribution in [1.29, 1.82) is 0 Å². The van der Waals surface area contributed by atoms with Gasteiger partial charge in [0.15, 0.2) is 0 Å². The molecule has 0 radical (unpaired) electrons. The van der Waals surface area contributed by atoms with E-state index in [1.54, 1.807) is 0 Å². The highest BCUT2D eigenvalue weighted by Gasteiger charge is 2.20. The highest BCUT2D eigenvalue weighted by atomic mass is 79.9. The number of hydrogen-bond donors (Lipinski definition) is 0. The molecule has 0 N–H and O–H groups in total. The van der Waals surface area contributed by atoms with E-state index in [9.17, 15) is 0 Å². The maximum atomic E-state index is 5.91. The molecule has 0 saturated heterocycles. The predicted molar refractivity (Wildman–Crippen MR) is 86.0 cm³/mol. The molecule has 0 amide bonds. The third-order valence-corrected chi connectivity index (χ3v) is 4.14. The Balaban J connectivity index is 1.96. The second-order valence-corrected chi connectivity index (χ2v) is 5.65.